The summed E-state index contributed by atoms with van der Waals surface area (Å²) in [5, 5.41) is 11.0. The molecule has 0 spiro atoms. The number of aliphatic hydroxyl groups is 1. The predicted octanol–water partition coefficient (Wildman–Crippen LogP) is 0.643. The van der Waals surface area contributed by atoms with Crippen molar-refractivity contribution in [3.8, 4) is 11.5 Å². The number of fused-ring (bicyclic) bond motifs is 1. The van der Waals surface area contributed by atoms with Crippen LogP contribution in [-0.2, 0) is 16.0 Å². The maximum Gasteiger partial charge on any atom is 0.231 e. The van der Waals surface area contributed by atoms with Crippen molar-refractivity contribution < 1.29 is 24.1 Å². The molecular weight excluding hydrogens is 336 g/mol. The summed E-state index contributed by atoms with van der Waals surface area (Å²) < 4.78 is 16.3. The molecule has 3 aliphatic heterocycles. The highest BCUT2D eigenvalue weighted by Crippen LogP contribution is 2.32. The van der Waals surface area contributed by atoms with Crippen LogP contribution in [0.4, 0.5) is 0 Å². The number of carbonyl (C=O) groups excluding carboxylic acids is 1. The second kappa shape index (κ2) is 7.42. The van der Waals surface area contributed by atoms with E-state index in [0.29, 0.717) is 37.7 Å². The fraction of sp³-hybridized carbons (Fsp3) is 0.632. The van der Waals surface area contributed by atoms with Crippen molar-refractivity contribution in [3.05, 3.63) is 23.8 Å². The monoisotopic (exact) mass is 362 g/mol. The molecule has 1 aromatic carbocycles. The number of carbonyl (C=O) groups is 1. The van der Waals surface area contributed by atoms with Gasteiger partial charge in [0.25, 0.3) is 0 Å². The van der Waals surface area contributed by atoms with Crippen LogP contribution < -0.4 is 9.47 Å². The van der Waals surface area contributed by atoms with Crippen molar-refractivity contribution in [1.82, 2.24) is 9.80 Å². The van der Waals surface area contributed by atoms with Gasteiger partial charge in [0.2, 0.25) is 12.7 Å². The van der Waals surface area contributed by atoms with Crippen molar-refractivity contribution in [3.63, 3.8) is 0 Å². The zero-order chi connectivity index (χ0) is 18.0. The summed E-state index contributed by atoms with van der Waals surface area (Å²) >= 11 is 0. The number of amides is 1. The van der Waals surface area contributed by atoms with Gasteiger partial charge in [-0.1, -0.05) is 6.07 Å². The van der Waals surface area contributed by atoms with E-state index in [1.54, 1.807) is 4.90 Å². The molecule has 0 bridgehead atoms. The van der Waals surface area contributed by atoms with Crippen molar-refractivity contribution in [1.29, 1.82) is 0 Å². The van der Waals surface area contributed by atoms with Gasteiger partial charge in [-0.2, -0.15) is 0 Å². The first-order valence-electron chi connectivity index (χ1n) is 9.30. The molecule has 3 aliphatic rings. The first kappa shape index (κ1) is 17.6. The normalized spacial score (nSPS) is 26.1. The summed E-state index contributed by atoms with van der Waals surface area (Å²) in [5.74, 6) is 1.39. The summed E-state index contributed by atoms with van der Waals surface area (Å²) in [5.41, 5.74) is -0.127. The van der Waals surface area contributed by atoms with E-state index in [2.05, 4.69) is 4.90 Å². The number of β-amino-alcohol motifs (C(OH)–C–C–N with tert-alkyl or cyclic N) is 1. The lowest BCUT2D eigenvalue weighted by Crippen LogP contribution is -2.53. The van der Waals surface area contributed by atoms with Crippen LogP contribution in [0.5, 0.6) is 11.5 Å². The standard InChI is InChI=1S/C19H26N2O5/c22-18(10-15-3-4-16-17(9-15)26-14-25-16)21-7-8-24-13-19(23,12-21)11-20-5-1-2-6-20/h3-4,9,23H,1-2,5-8,10-14H2/t19-/m1/s1. The van der Waals surface area contributed by atoms with Crippen LogP contribution >= 0.6 is 0 Å². The van der Waals surface area contributed by atoms with E-state index >= 15 is 0 Å². The number of likely N-dealkylation sites (tertiary alicyclic amines) is 1. The molecule has 1 atom stereocenters. The molecule has 26 heavy (non-hydrogen) atoms. The highest BCUT2D eigenvalue weighted by atomic mass is 16.7. The Bertz CT molecular complexity index is 661. The highest BCUT2D eigenvalue weighted by Gasteiger charge is 2.36. The third-order valence-electron chi connectivity index (χ3n) is 5.22. The molecule has 2 saturated heterocycles. The number of hydrogen-bond donors (Lipinski definition) is 1. The lowest BCUT2D eigenvalue weighted by molar-refractivity contribution is -0.133. The Balaban J connectivity index is 1.41. The third kappa shape index (κ3) is 3.95. The minimum atomic E-state index is -1.01. The molecule has 7 nitrogen and oxygen atoms in total. The molecule has 0 saturated carbocycles. The molecule has 142 valence electrons. The van der Waals surface area contributed by atoms with E-state index in [-0.39, 0.29) is 25.7 Å². The first-order valence-corrected chi connectivity index (χ1v) is 9.30. The van der Waals surface area contributed by atoms with Crippen LogP contribution in [0.15, 0.2) is 18.2 Å². The Morgan fingerprint density at radius 1 is 1.15 bits per heavy atom. The third-order valence-corrected chi connectivity index (χ3v) is 5.22. The molecule has 1 aromatic rings. The average molecular weight is 362 g/mol. The molecule has 2 fully saturated rings. The van der Waals surface area contributed by atoms with Gasteiger partial charge in [0, 0.05) is 13.1 Å². The van der Waals surface area contributed by atoms with Gasteiger partial charge in [-0.3, -0.25) is 4.79 Å². The Morgan fingerprint density at radius 3 is 2.81 bits per heavy atom. The largest absolute Gasteiger partial charge is 0.454 e. The molecule has 7 heteroatoms. The fourth-order valence-corrected chi connectivity index (χ4v) is 3.92. The van der Waals surface area contributed by atoms with Gasteiger partial charge in [0.05, 0.1) is 26.2 Å². The summed E-state index contributed by atoms with van der Waals surface area (Å²) in [7, 11) is 0. The van der Waals surface area contributed by atoms with E-state index in [0.717, 1.165) is 18.7 Å². The number of hydrogen-bond acceptors (Lipinski definition) is 6. The maximum atomic E-state index is 12.8. The minimum Gasteiger partial charge on any atom is -0.454 e. The van der Waals surface area contributed by atoms with Crippen LogP contribution in [-0.4, -0.2) is 79.1 Å². The maximum absolute atomic E-state index is 12.8. The topological polar surface area (TPSA) is 71.5 Å². The van der Waals surface area contributed by atoms with E-state index in [9.17, 15) is 9.90 Å². The quantitative estimate of drug-likeness (QED) is 0.848. The molecule has 0 radical (unpaired) electrons. The number of benzene rings is 1. The van der Waals surface area contributed by atoms with Crippen molar-refractivity contribution >= 4 is 5.91 Å². The van der Waals surface area contributed by atoms with Gasteiger partial charge in [0.1, 0.15) is 5.60 Å². The summed E-state index contributed by atoms with van der Waals surface area (Å²) in [6, 6.07) is 5.57. The summed E-state index contributed by atoms with van der Waals surface area (Å²) in [4.78, 5) is 16.8. The van der Waals surface area contributed by atoms with Gasteiger partial charge in [0.15, 0.2) is 11.5 Å². The zero-order valence-electron chi connectivity index (χ0n) is 15.0. The van der Waals surface area contributed by atoms with Gasteiger partial charge in [-0.15, -0.1) is 0 Å². The molecule has 0 aliphatic carbocycles. The van der Waals surface area contributed by atoms with Crippen LogP contribution in [0.1, 0.15) is 18.4 Å². The Hall–Kier alpha value is -1.83. The number of ether oxygens (including phenoxy) is 3. The van der Waals surface area contributed by atoms with Gasteiger partial charge < -0.3 is 29.1 Å². The lowest BCUT2D eigenvalue weighted by atomic mass is 10.0. The van der Waals surface area contributed by atoms with Crippen LogP contribution in [0.25, 0.3) is 0 Å². The lowest BCUT2D eigenvalue weighted by Gasteiger charge is -2.34. The Kier molecular flexibility index (Phi) is 5.02. The van der Waals surface area contributed by atoms with Crippen molar-refractivity contribution in [2.45, 2.75) is 24.9 Å². The van der Waals surface area contributed by atoms with Crippen LogP contribution in [0, 0.1) is 0 Å². The zero-order valence-corrected chi connectivity index (χ0v) is 15.0. The SMILES string of the molecule is O=C(Cc1ccc2c(c1)OCO2)N1CCOC[C@@](O)(CN2CCCC2)C1. The first-order chi connectivity index (χ1) is 12.6. The van der Waals surface area contributed by atoms with Crippen molar-refractivity contribution in [2.75, 3.05) is 52.7 Å². The second-order valence-corrected chi connectivity index (χ2v) is 7.44. The Labute approximate surface area is 153 Å². The highest BCUT2D eigenvalue weighted by molar-refractivity contribution is 5.79. The van der Waals surface area contributed by atoms with Crippen LogP contribution in [0.3, 0.4) is 0 Å². The van der Waals surface area contributed by atoms with Gasteiger partial charge >= 0.3 is 0 Å². The molecule has 4 rings (SSSR count). The van der Waals surface area contributed by atoms with Gasteiger partial charge in [-0.25, -0.2) is 0 Å². The summed E-state index contributed by atoms with van der Waals surface area (Å²) in [6.45, 7) is 4.34. The molecule has 0 unspecified atom stereocenters. The van der Waals surface area contributed by atoms with E-state index < -0.39 is 5.60 Å². The summed E-state index contributed by atoms with van der Waals surface area (Å²) in [6.07, 6.45) is 2.61. The number of nitrogens with zero attached hydrogens (tertiary/aromatic N) is 2. The van der Waals surface area contributed by atoms with Crippen molar-refractivity contribution in [2.24, 2.45) is 0 Å². The molecule has 1 amide bonds. The molecule has 1 N–H and O–H groups in total. The van der Waals surface area contributed by atoms with Crippen LogP contribution in [0.2, 0.25) is 0 Å². The molecule has 0 aromatic heterocycles. The van der Waals surface area contributed by atoms with E-state index in [4.69, 9.17) is 14.2 Å². The smallest absolute Gasteiger partial charge is 0.231 e. The second-order valence-electron chi connectivity index (χ2n) is 7.44. The minimum absolute atomic E-state index is 0.00536. The fourth-order valence-electron chi connectivity index (χ4n) is 3.92. The van der Waals surface area contributed by atoms with E-state index in [1.165, 1.54) is 12.8 Å². The molecular formula is C19H26N2O5. The van der Waals surface area contributed by atoms with Gasteiger partial charge in [-0.05, 0) is 43.6 Å². The molecule has 3 heterocycles. The Morgan fingerprint density at radius 2 is 1.96 bits per heavy atom. The number of rotatable bonds is 4. The average Bonchev–Trinajstić information content (AvgIpc) is 3.24. The predicted molar refractivity (Wildman–Crippen MR) is 94.3 cm³/mol. The van der Waals surface area contributed by atoms with E-state index in [1.807, 2.05) is 18.2 Å².